The molecule has 11 heteroatoms. The first-order chi connectivity index (χ1) is 16.5. The molecule has 1 aliphatic carbocycles. The average molecular weight is 483 g/mol. The van der Waals surface area contributed by atoms with Gasteiger partial charge in [-0.3, -0.25) is 9.40 Å². The Morgan fingerprint density at radius 2 is 2.06 bits per heavy atom. The van der Waals surface area contributed by atoms with E-state index in [1.807, 2.05) is 18.3 Å². The van der Waals surface area contributed by atoms with E-state index in [-0.39, 0.29) is 16.5 Å². The Bertz CT molecular complexity index is 1500. The van der Waals surface area contributed by atoms with Crippen LogP contribution in [0.2, 0.25) is 0 Å². The molecule has 0 spiro atoms. The van der Waals surface area contributed by atoms with Crippen molar-refractivity contribution in [3.05, 3.63) is 53.9 Å². The smallest absolute Gasteiger partial charge is 0.270 e. The van der Waals surface area contributed by atoms with Gasteiger partial charge in [-0.25, -0.2) is 8.42 Å². The largest absolute Gasteiger partial charge is 0.496 e. The summed E-state index contributed by atoms with van der Waals surface area (Å²) < 4.78 is 53.8. The van der Waals surface area contributed by atoms with Gasteiger partial charge in [0.15, 0.2) is 16.3 Å². The van der Waals surface area contributed by atoms with E-state index in [1.54, 1.807) is 29.1 Å². The van der Waals surface area contributed by atoms with Gasteiger partial charge in [-0.1, -0.05) is 11.2 Å². The fourth-order valence-corrected chi connectivity index (χ4v) is 5.92. The minimum Gasteiger partial charge on any atom is -0.496 e. The second-order valence-electron chi connectivity index (χ2n) is 8.44. The van der Waals surface area contributed by atoms with Crippen LogP contribution in [-0.2, 0) is 16.6 Å². The van der Waals surface area contributed by atoms with E-state index in [4.69, 9.17) is 18.7 Å². The molecular weight excluding hydrogens is 460 g/mol. The van der Waals surface area contributed by atoms with Crippen molar-refractivity contribution in [3.8, 4) is 17.2 Å². The van der Waals surface area contributed by atoms with Gasteiger partial charge in [0, 0.05) is 18.3 Å². The monoisotopic (exact) mass is 482 g/mol. The highest BCUT2D eigenvalue weighted by atomic mass is 32.2. The predicted octanol–water partition coefficient (Wildman–Crippen LogP) is 3.39. The van der Waals surface area contributed by atoms with Gasteiger partial charge in [0.05, 0.1) is 27.4 Å². The van der Waals surface area contributed by atoms with Gasteiger partial charge in [0.1, 0.15) is 22.6 Å². The van der Waals surface area contributed by atoms with Crippen molar-refractivity contribution in [2.45, 2.75) is 23.8 Å². The highest BCUT2D eigenvalue weighted by Gasteiger charge is 2.46. The number of ether oxygens (including phenoxy) is 3. The molecule has 0 radical (unpaired) electrons. The van der Waals surface area contributed by atoms with Gasteiger partial charge in [0.25, 0.3) is 10.0 Å². The number of hydrogen-bond acceptors (Lipinski definition) is 8. The summed E-state index contributed by atoms with van der Waals surface area (Å²) in [5, 5.41) is 8.62. The third-order valence-electron chi connectivity index (χ3n) is 6.31. The summed E-state index contributed by atoms with van der Waals surface area (Å²) in [5.74, 6) is 1.77. The molecule has 2 aromatic heterocycles. The molecular formula is C23H22N4O6S. The summed E-state index contributed by atoms with van der Waals surface area (Å²) in [4.78, 5) is -0.0386. The van der Waals surface area contributed by atoms with E-state index >= 15 is 0 Å². The molecule has 1 fully saturated rings. The van der Waals surface area contributed by atoms with E-state index < -0.39 is 10.0 Å². The molecule has 2 aromatic carbocycles. The molecule has 176 valence electrons. The third-order valence-corrected chi connectivity index (χ3v) is 7.70. The van der Waals surface area contributed by atoms with Crippen LogP contribution in [0.1, 0.15) is 23.5 Å². The van der Waals surface area contributed by atoms with Crippen LogP contribution in [-0.4, -0.2) is 44.2 Å². The molecule has 4 aromatic rings. The Labute approximate surface area is 195 Å². The second-order valence-corrected chi connectivity index (χ2v) is 10.1. The lowest BCUT2D eigenvalue weighted by Crippen LogP contribution is -2.19. The van der Waals surface area contributed by atoms with Crippen LogP contribution < -0.4 is 18.9 Å². The lowest BCUT2D eigenvalue weighted by atomic mass is 10.1. The summed E-state index contributed by atoms with van der Waals surface area (Å²) in [6, 6.07) is 8.97. The second kappa shape index (κ2) is 7.66. The Balaban J connectivity index is 1.40. The van der Waals surface area contributed by atoms with Crippen molar-refractivity contribution in [1.29, 1.82) is 0 Å². The summed E-state index contributed by atoms with van der Waals surface area (Å²) >= 11 is 0. The number of sulfonamides is 1. The standard InChI is InChI=1S/C23H22N4O6S/c1-30-17-5-4-15-16-10-14(16)12-32-21(15)22(17)34(28,29)26-23-20-18(31-2)8-13(9-19(20)33-25-23)11-27-7-3-6-24-27/h3-9,14,16H,10-12H2,1-2H3,(H,25,26)/t14-,16-/m1/s1. The minimum atomic E-state index is -4.13. The van der Waals surface area contributed by atoms with Crippen molar-refractivity contribution in [2.24, 2.45) is 5.92 Å². The number of methoxy groups -OCH3 is 2. The molecule has 6 rings (SSSR count). The Kier molecular flexibility index (Phi) is 4.70. The van der Waals surface area contributed by atoms with E-state index in [0.717, 1.165) is 17.5 Å². The van der Waals surface area contributed by atoms with Gasteiger partial charge in [0.2, 0.25) is 0 Å². The van der Waals surface area contributed by atoms with Crippen LogP contribution in [0.5, 0.6) is 17.2 Å². The maximum atomic E-state index is 13.6. The molecule has 1 aliphatic heterocycles. The van der Waals surface area contributed by atoms with Crippen molar-refractivity contribution in [2.75, 3.05) is 25.5 Å². The lowest BCUT2D eigenvalue weighted by Gasteiger charge is -2.21. The molecule has 0 unspecified atom stereocenters. The SMILES string of the molecule is COc1ccc2c(c1S(=O)(=O)Nc1noc3cc(Cn4cccn4)cc(OC)c13)OC[C@H]1C[C@@H]21. The fraction of sp³-hybridized carbons (Fsp3) is 0.304. The van der Waals surface area contributed by atoms with Crippen LogP contribution in [0.3, 0.4) is 0 Å². The first kappa shape index (κ1) is 20.8. The number of aromatic nitrogens is 3. The highest BCUT2D eigenvalue weighted by molar-refractivity contribution is 7.93. The molecule has 0 amide bonds. The van der Waals surface area contributed by atoms with E-state index in [0.29, 0.717) is 47.5 Å². The van der Waals surface area contributed by atoms with E-state index in [2.05, 4.69) is 15.0 Å². The zero-order valence-electron chi connectivity index (χ0n) is 18.5. The fourth-order valence-electron chi connectivity index (χ4n) is 4.59. The van der Waals surface area contributed by atoms with Crippen molar-refractivity contribution in [3.63, 3.8) is 0 Å². The molecule has 0 bridgehead atoms. The Morgan fingerprint density at radius 3 is 2.82 bits per heavy atom. The van der Waals surface area contributed by atoms with Gasteiger partial charge in [-0.2, -0.15) is 5.10 Å². The van der Waals surface area contributed by atoms with Crippen LogP contribution in [0, 0.1) is 5.92 Å². The minimum absolute atomic E-state index is 0.0252. The van der Waals surface area contributed by atoms with Gasteiger partial charge in [-0.15, -0.1) is 0 Å². The van der Waals surface area contributed by atoms with Gasteiger partial charge in [-0.05, 0) is 47.7 Å². The topological polar surface area (TPSA) is 118 Å². The number of hydrogen-bond donors (Lipinski definition) is 1. The maximum Gasteiger partial charge on any atom is 0.270 e. The zero-order valence-corrected chi connectivity index (χ0v) is 19.3. The number of anilines is 1. The average Bonchev–Trinajstić information content (AvgIpc) is 3.28. The molecule has 2 aliphatic rings. The predicted molar refractivity (Wildman–Crippen MR) is 122 cm³/mol. The molecule has 3 heterocycles. The number of fused-ring (bicyclic) bond motifs is 4. The zero-order chi connectivity index (χ0) is 23.4. The summed E-state index contributed by atoms with van der Waals surface area (Å²) in [6.45, 7) is 0.987. The van der Waals surface area contributed by atoms with Crippen LogP contribution in [0.25, 0.3) is 11.0 Å². The first-order valence-corrected chi connectivity index (χ1v) is 12.3. The van der Waals surface area contributed by atoms with Crippen LogP contribution in [0.15, 0.2) is 52.1 Å². The van der Waals surface area contributed by atoms with Crippen molar-refractivity contribution < 1.29 is 27.2 Å². The van der Waals surface area contributed by atoms with Crippen LogP contribution in [0.4, 0.5) is 5.82 Å². The Morgan fingerprint density at radius 1 is 1.21 bits per heavy atom. The van der Waals surface area contributed by atoms with Crippen LogP contribution >= 0.6 is 0 Å². The highest BCUT2D eigenvalue weighted by Crippen LogP contribution is 2.56. The Hall–Kier alpha value is -3.73. The lowest BCUT2D eigenvalue weighted by molar-refractivity contribution is 0.267. The number of benzene rings is 2. The van der Waals surface area contributed by atoms with E-state index in [1.165, 1.54) is 14.2 Å². The molecule has 2 atom stereocenters. The molecule has 34 heavy (non-hydrogen) atoms. The molecule has 1 N–H and O–H groups in total. The van der Waals surface area contributed by atoms with Gasteiger partial charge < -0.3 is 18.7 Å². The summed E-state index contributed by atoms with van der Waals surface area (Å²) in [7, 11) is -1.19. The first-order valence-electron chi connectivity index (χ1n) is 10.8. The quantitative estimate of drug-likeness (QED) is 0.426. The third kappa shape index (κ3) is 3.35. The number of nitrogens with zero attached hydrogens (tertiary/aromatic N) is 3. The molecule has 10 nitrogen and oxygen atoms in total. The summed E-state index contributed by atoms with van der Waals surface area (Å²) in [6.07, 6.45) is 4.54. The normalized spacial score (nSPS) is 18.6. The van der Waals surface area contributed by atoms with Crippen molar-refractivity contribution >= 4 is 26.8 Å². The van der Waals surface area contributed by atoms with Crippen molar-refractivity contribution in [1.82, 2.24) is 14.9 Å². The van der Waals surface area contributed by atoms with E-state index in [9.17, 15) is 8.42 Å². The maximum absolute atomic E-state index is 13.6. The molecule has 0 saturated heterocycles. The molecule has 1 saturated carbocycles. The summed E-state index contributed by atoms with van der Waals surface area (Å²) in [5.41, 5.74) is 2.14. The number of nitrogens with one attached hydrogen (secondary N) is 1. The number of rotatable bonds is 7. The van der Waals surface area contributed by atoms with Gasteiger partial charge >= 0.3 is 0 Å².